The van der Waals surface area contributed by atoms with Gasteiger partial charge in [0.1, 0.15) is 11.0 Å². The zero-order valence-corrected chi connectivity index (χ0v) is 18.5. The molecule has 1 fully saturated rings. The van der Waals surface area contributed by atoms with Crippen molar-refractivity contribution in [2.45, 2.75) is 55.4 Å². The van der Waals surface area contributed by atoms with Gasteiger partial charge < -0.3 is 20.7 Å². The molecule has 2 aromatic rings. The van der Waals surface area contributed by atoms with Gasteiger partial charge in [0.2, 0.25) is 16.0 Å². The number of carbonyl (C=O) groups excluding carboxylic acids is 1. The van der Waals surface area contributed by atoms with E-state index in [4.69, 9.17) is 9.88 Å². The van der Waals surface area contributed by atoms with Gasteiger partial charge in [-0.2, -0.15) is 0 Å². The Hall–Kier alpha value is -2.92. The van der Waals surface area contributed by atoms with E-state index in [1.54, 1.807) is 24.5 Å². The van der Waals surface area contributed by atoms with E-state index in [0.29, 0.717) is 30.4 Å². The van der Waals surface area contributed by atoms with Crippen molar-refractivity contribution in [2.24, 2.45) is 5.14 Å². The second kappa shape index (κ2) is 9.70. The Balaban J connectivity index is 1.56. The Morgan fingerprint density at radius 3 is 2.53 bits per heavy atom. The number of sulfonamides is 1. The molecule has 10 nitrogen and oxygen atoms in total. The maximum atomic E-state index is 12.1. The van der Waals surface area contributed by atoms with Gasteiger partial charge in [-0.15, -0.1) is 0 Å². The van der Waals surface area contributed by atoms with Gasteiger partial charge in [-0.05, 0) is 68.2 Å². The van der Waals surface area contributed by atoms with Crippen LogP contribution in [0.2, 0.25) is 0 Å². The molecule has 0 saturated heterocycles. The van der Waals surface area contributed by atoms with E-state index in [2.05, 4.69) is 25.9 Å². The largest absolute Gasteiger partial charge is 0.446 e. The van der Waals surface area contributed by atoms with Crippen LogP contribution >= 0.6 is 0 Å². The number of fused-ring (bicyclic) bond motifs is 10. The van der Waals surface area contributed by atoms with Gasteiger partial charge in [0.15, 0.2) is 0 Å². The van der Waals surface area contributed by atoms with Crippen molar-refractivity contribution in [3.8, 4) is 0 Å². The molecule has 1 unspecified atom stereocenters. The Morgan fingerprint density at radius 1 is 1.03 bits per heavy atom. The molecule has 1 saturated carbocycles. The van der Waals surface area contributed by atoms with Crippen LogP contribution in [0.1, 0.15) is 50.0 Å². The minimum absolute atomic E-state index is 0.0293. The molecule has 1 aliphatic carbocycles. The van der Waals surface area contributed by atoms with Crippen LogP contribution in [0.25, 0.3) is 0 Å². The summed E-state index contributed by atoms with van der Waals surface area (Å²) in [6.45, 7) is 1.09. The number of alkyl carbamates (subject to hydrolysis) is 1. The SMILES string of the molecule is NS(=O)(=O)c1ccc2cc1NCCCCCNC(=O)O[C@@H]1CCC(C1)c1cnc(nc1)N2. The Morgan fingerprint density at radius 2 is 1.78 bits per heavy atom. The van der Waals surface area contributed by atoms with Gasteiger partial charge >= 0.3 is 6.09 Å². The Labute approximate surface area is 187 Å². The van der Waals surface area contributed by atoms with E-state index in [-0.39, 0.29) is 23.0 Å². The van der Waals surface area contributed by atoms with Crippen LogP contribution in [0, 0.1) is 0 Å². The number of amides is 1. The molecule has 1 aromatic carbocycles. The van der Waals surface area contributed by atoms with Crippen LogP contribution in [0.5, 0.6) is 0 Å². The van der Waals surface area contributed by atoms with Crippen LogP contribution in [-0.2, 0) is 14.8 Å². The van der Waals surface area contributed by atoms with Crippen molar-refractivity contribution in [1.29, 1.82) is 0 Å². The molecule has 3 heterocycles. The first-order chi connectivity index (χ1) is 15.4. The summed E-state index contributed by atoms with van der Waals surface area (Å²) in [5.41, 5.74) is 2.07. The number of rotatable bonds is 1. The molecule has 1 amide bonds. The van der Waals surface area contributed by atoms with Gasteiger partial charge in [0.05, 0.1) is 5.69 Å². The summed E-state index contributed by atoms with van der Waals surface area (Å²) in [5.74, 6) is 0.653. The number of hydrogen-bond donors (Lipinski definition) is 4. The van der Waals surface area contributed by atoms with E-state index in [1.807, 2.05) is 0 Å². The molecular weight excluding hydrogens is 432 g/mol. The lowest BCUT2D eigenvalue weighted by Gasteiger charge is -2.15. The molecule has 2 aliphatic heterocycles. The lowest BCUT2D eigenvalue weighted by molar-refractivity contribution is 0.100. The predicted molar refractivity (Wildman–Crippen MR) is 120 cm³/mol. The summed E-state index contributed by atoms with van der Waals surface area (Å²) >= 11 is 0. The number of nitrogens with one attached hydrogen (secondary N) is 3. The minimum Gasteiger partial charge on any atom is -0.446 e. The van der Waals surface area contributed by atoms with Crippen LogP contribution in [0.3, 0.4) is 0 Å². The highest BCUT2D eigenvalue weighted by atomic mass is 32.2. The summed E-state index contributed by atoms with van der Waals surface area (Å²) in [4.78, 5) is 20.9. The van der Waals surface area contributed by atoms with Crippen molar-refractivity contribution >= 4 is 33.4 Å². The van der Waals surface area contributed by atoms with Crippen molar-refractivity contribution in [3.05, 3.63) is 36.2 Å². The predicted octanol–water partition coefficient (Wildman–Crippen LogP) is 2.83. The van der Waals surface area contributed by atoms with E-state index in [1.165, 1.54) is 6.07 Å². The van der Waals surface area contributed by atoms with E-state index < -0.39 is 10.0 Å². The highest BCUT2D eigenvalue weighted by molar-refractivity contribution is 7.89. The summed E-state index contributed by atoms with van der Waals surface area (Å²) in [6, 6.07) is 4.79. The average molecular weight is 461 g/mol. The molecule has 1 aromatic heterocycles. The molecule has 0 radical (unpaired) electrons. The quantitative estimate of drug-likeness (QED) is 0.508. The summed E-state index contributed by atoms with van der Waals surface area (Å²) in [7, 11) is -3.88. The number of ether oxygens (including phenoxy) is 1. The Kier molecular flexibility index (Phi) is 6.75. The number of nitrogens with two attached hydrogens (primary N) is 1. The first-order valence-corrected chi connectivity index (χ1v) is 12.4. The number of hydrogen-bond acceptors (Lipinski definition) is 8. The standard InChI is InChI=1S/C21H28N6O4S/c22-32(29,30)19-7-5-16-11-18(19)23-8-2-1-3-9-24-21(28)31-17-6-4-14(10-17)15-12-25-20(27-16)26-13-15/h5,7,11-14,17,23H,1-4,6,8-10H2,(H,24,28)(H2,22,29,30)(H,25,26,27)/t14?,17-/m1/s1. The van der Waals surface area contributed by atoms with Gasteiger partial charge in [0.25, 0.3) is 0 Å². The molecular formula is C21H28N6O4S. The smallest absolute Gasteiger partial charge is 0.407 e. The van der Waals surface area contributed by atoms with Gasteiger partial charge in [-0.25, -0.2) is 28.3 Å². The number of nitrogens with zero attached hydrogens (tertiary/aromatic N) is 2. The lowest BCUT2D eigenvalue weighted by Crippen LogP contribution is -2.28. The van der Waals surface area contributed by atoms with Crippen molar-refractivity contribution in [3.63, 3.8) is 0 Å². The normalized spacial score (nSPS) is 22.2. The second-order valence-electron chi connectivity index (χ2n) is 8.17. The molecule has 2 atom stereocenters. The van der Waals surface area contributed by atoms with Crippen LogP contribution in [-0.4, -0.2) is 43.7 Å². The molecule has 5 N–H and O–H groups in total. The van der Waals surface area contributed by atoms with Crippen LogP contribution in [0.4, 0.5) is 22.1 Å². The molecule has 0 spiro atoms. The summed E-state index contributed by atoms with van der Waals surface area (Å²) < 4.78 is 29.5. The summed E-state index contributed by atoms with van der Waals surface area (Å²) in [6.07, 6.45) is 8.04. The first-order valence-electron chi connectivity index (χ1n) is 10.8. The molecule has 6 bridgehead atoms. The van der Waals surface area contributed by atoms with Crippen LogP contribution in [0.15, 0.2) is 35.5 Å². The number of benzene rings is 1. The third-order valence-electron chi connectivity index (χ3n) is 5.78. The molecule has 32 heavy (non-hydrogen) atoms. The highest BCUT2D eigenvalue weighted by Crippen LogP contribution is 2.35. The van der Waals surface area contributed by atoms with Gasteiger partial charge in [0, 0.05) is 31.2 Å². The van der Waals surface area contributed by atoms with Crippen molar-refractivity contribution in [2.75, 3.05) is 23.7 Å². The fourth-order valence-corrected chi connectivity index (χ4v) is 4.82. The monoisotopic (exact) mass is 460 g/mol. The third kappa shape index (κ3) is 5.65. The number of anilines is 3. The van der Waals surface area contributed by atoms with E-state index in [0.717, 1.165) is 44.1 Å². The molecule has 11 heteroatoms. The number of carbonyl (C=O) groups is 1. The molecule has 3 aliphatic rings. The van der Waals surface area contributed by atoms with Crippen LogP contribution < -0.4 is 21.1 Å². The fraction of sp³-hybridized carbons (Fsp3) is 0.476. The maximum Gasteiger partial charge on any atom is 0.407 e. The average Bonchev–Trinajstić information content (AvgIpc) is 3.20. The van der Waals surface area contributed by atoms with Crippen molar-refractivity contribution < 1.29 is 17.9 Å². The summed E-state index contributed by atoms with van der Waals surface area (Å²) in [5, 5.41) is 14.4. The van der Waals surface area contributed by atoms with Gasteiger partial charge in [-0.3, -0.25) is 0 Å². The molecule has 5 rings (SSSR count). The number of primary sulfonamides is 1. The minimum atomic E-state index is -3.88. The fourth-order valence-electron chi connectivity index (χ4n) is 4.12. The van der Waals surface area contributed by atoms with E-state index in [9.17, 15) is 13.2 Å². The lowest BCUT2D eigenvalue weighted by atomic mass is 10.0. The number of aromatic nitrogens is 2. The second-order valence-corrected chi connectivity index (χ2v) is 9.70. The topological polar surface area (TPSA) is 148 Å². The zero-order valence-electron chi connectivity index (χ0n) is 17.7. The molecule has 172 valence electrons. The first kappa shape index (κ1) is 22.3. The van der Waals surface area contributed by atoms with E-state index >= 15 is 0 Å². The third-order valence-corrected chi connectivity index (χ3v) is 6.75. The highest BCUT2D eigenvalue weighted by Gasteiger charge is 2.29. The maximum absolute atomic E-state index is 12.1. The Bertz CT molecular complexity index is 1060. The van der Waals surface area contributed by atoms with Crippen molar-refractivity contribution in [1.82, 2.24) is 15.3 Å². The zero-order chi connectivity index (χ0) is 22.6. The van der Waals surface area contributed by atoms with Gasteiger partial charge in [-0.1, -0.05) is 0 Å².